The Balaban J connectivity index is 2.62. The Morgan fingerprint density at radius 1 is 1.26 bits per heavy atom. The molecule has 0 aromatic heterocycles. The van der Waals surface area contributed by atoms with Gasteiger partial charge in [0.25, 0.3) is 0 Å². The summed E-state index contributed by atoms with van der Waals surface area (Å²) in [5.74, 6) is -1.77. The van der Waals surface area contributed by atoms with Crippen LogP contribution in [0.25, 0.3) is 0 Å². The number of carboxylic acid groups (broad SMARTS) is 1. The molecule has 5 nitrogen and oxygen atoms in total. The summed E-state index contributed by atoms with van der Waals surface area (Å²) in [4.78, 5) is 22.7. The number of carboxylic acids is 1. The van der Waals surface area contributed by atoms with Crippen LogP contribution in [0.5, 0.6) is 0 Å². The van der Waals surface area contributed by atoms with Crippen molar-refractivity contribution in [3.8, 4) is 0 Å². The van der Waals surface area contributed by atoms with E-state index < -0.39 is 23.6 Å². The monoisotopic (exact) mass is 265 g/mol. The fourth-order valence-electron chi connectivity index (χ4n) is 1.53. The minimum atomic E-state index is -0.984. The predicted octanol–water partition coefficient (Wildman–Crippen LogP) is 2.38. The van der Waals surface area contributed by atoms with Crippen molar-refractivity contribution in [1.82, 2.24) is 5.32 Å². The summed E-state index contributed by atoms with van der Waals surface area (Å²) in [5, 5.41) is 11.7. The first kappa shape index (κ1) is 15.0. The summed E-state index contributed by atoms with van der Waals surface area (Å²) < 4.78 is 5.06. The largest absolute Gasteiger partial charge is 0.481 e. The van der Waals surface area contributed by atoms with Gasteiger partial charge in [0.15, 0.2) is 0 Å². The highest BCUT2D eigenvalue weighted by molar-refractivity contribution is 5.77. The van der Waals surface area contributed by atoms with E-state index in [4.69, 9.17) is 4.74 Å². The Morgan fingerprint density at radius 3 is 2.32 bits per heavy atom. The predicted molar refractivity (Wildman–Crippen MR) is 71.1 cm³/mol. The minimum Gasteiger partial charge on any atom is -0.481 e. The topological polar surface area (TPSA) is 75.6 Å². The van der Waals surface area contributed by atoms with Crippen LogP contribution in [0.15, 0.2) is 30.3 Å². The number of ether oxygens (including phenoxy) is 1. The number of hydrogen-bond donors (Lipinski definition) is 2. The zero-order valence-electron chi connectivity index (χ0n) is 11.3. The number of amides is 1. The van der Waals surface area contributed by atoms with E-state index in [2.05, 4.69) is 5.32 Å². The van der Waals surface area contributed by atoms with Gasteiger partial charge >= 0.3 is 12.1 Å². The molecule has 1 aromatic carbocycles. The Kier molecular flexibility index (Phi) is 4.92. The molecule has 5 heteroatoms. The number of hydrogen-bond acceptors (Lipinski definition) is 3. The van der Waals surface area contributed by atoms with Gasteiger partial charge in [0.1, 0.15) is 5.60 Å². The maximum atomic E-state index is 11.5. The highest BCUT2D eigenvalue weighted by Crippen LogP contribution is 2.15. The molecule has 0 aliphatic rings. The lowest BCUT2D eigenvalue weighted by Crippen LogP contribution is -2.36. The number of rotatable bonds is 4. The van der Waals surface area contributed by atoms with Crippen LogP contribution in [0.4, 0.5) is 4.79 Å². The van der Waals surface area contributed by atoms with Crippen LogP contribution < -0.4 is 5.32 Å². The van der Waals surface area contributed by atoms with Crippen molar-refractivity contribution < 1.29 is 19.4 Å². The van der Waals surface area contributed by atoms with Gasteiger partial charge in [-0.05, 0) is 26.3 Å². The van der Waals surface area contributed by atoms with E-state index >= 15 is 0 Å². The lowest BCUT2D eigenvalue weighted by atomic mass is 9.99. The molecule has 0 aliphatic carbocycles. The molecule has 19 heavy (non-hydrogen) atoms. The Labute approximate surface area is 112 Å². The van der Waals surface area contributed by atoms with Crippen LogP contribution in [0, 0.1) is 0 Å². The lowest BCUT2D eigenvalue weighted by molar-refractivity contribution is -0.138. The second-order valence-electron chi connectivity index (χ2n) is 5.18. The van der Waals surface area contributed by atoms with E-state index in [1.54, 1.807) is 45.0 Å². The molecular formula is C14H19NO4. The summed E-state index contributed by atoms with van der Waals surface area (Å²) >= 11 is 0. The summed E-state index contributed by atoms with van der Waals surface area (Å²) in [6.07, 6.45) is -0.616. The number of alkyl carbamates (subject to hydrolysis) is 1. The van der Waals surface area contributed by atoms with Crippen LogP contribution in [0.1, 0.15) is 32.3 Å². The molecule has 0 bridgehead atoms. The summed E-state index contributed by atoms with van der Waals surface area (Å²) in [6.45, 7) is 5.24. The SMILES string of the molecule is CC(C)(C)OC(=O)NC[C@@H](C(=O)O)c1ccccc1. The van der Waals surface area contributed by atoms with E-state index in [-0.39, 0.29) is 6.54 Å². The van der Waals surface area contributed by atoms with Crippen LogP contribution in [0.3, 0.4) is 0 Å². The van der Waals surface area contributed by atoms with Crippen LogP contribution in [0.2, 0.25) is 0 Å². The first-order valence-electron chi connectivity index (χ1n) is 6.04. The standard InChI is InChI=1S/C14H19NO4/c1-14(2,3)19-13(18)15-9-11(12(16)17)10-7-5-4-6-8-10/h4-8,11H,9H2,1-3H3,(H,15,18)(H,16,17)/t11-/m1/s1. The van der Waals surface area contributed by atoms with Crippen LogP contribution in [-0.2, 0) is 9.53 Å². The zero-order chi connectivity index (χ0) is 14.5. The molecule has 0 heterocycles. The van der Waals surface area contributed by atoms with E-state index in [1.165, 1.54) is 0 Å². The second-order valence-corrected chi connectivity index (χ2v) is 5.18. The van der Waals surface area contributed by atoms with Crippen molar-refractivity contribution in [2.45, 2.75) is 32.3 Å². The first-order valence-corrected chi connectivity index (χ1v) is 6.04. The summed E-state index contributed by atoms with van der Waals surface area (Å²) in [6, 6.07) is 8.77. The maximum Gasteiger partial charge on any atom is 0.407 e. The van der Waals surface area contributed by atoms with Crippen molar-refractivity contribution in [1.29, 1.82) is 0 Å². The van der Waals surface area contributed by atoms with Gasteiger partial charge in [-0.1, -0.05) is 30.3 Å². The smallest absolute Gasteiger partial charge is 0.407 e. The third kappa shape index (κ3) is 5.42. The van der Waals surface area contributed by atoms with Gasteiger partial charge in [0, 0.05) is 6.54 Å². The molecule has 104 valence electrons. The van der Waals surface area contributed by atoms with Gasteiger partial charge < -0.3 is 15.2 Å². The maximum absolute atomic E-state index is 11.5. The van der Waals surface area contributed by atoms with Crippen molar-refractivity contribution in [2.24, 2.45) is 0 Å². The fourth-order valence-corrected chi connectivity index (χ4v) is 1.53. The highest BCUT2D eigenvalue weighted by Gasteiger charge is 2.22. The zero-order valence-corrected chi connectivity index (χ0v) is 11.3. The highest BCUT2D eigenvalue weighted by atomic mass is 16.6. The number of benzene rings is 1. The minimum absolute atomic E-state index is 0.00569. The van der Waals surface area contributed by atoms with Crippen LogP contribution >= 0.6 is 0 Å². The van der Waals surface area contributed by atoms with E-state index in [1.807, 2.05) is 6.07 Å². The Morgan fingerprint density at radius 2 is 1.84 bits per heavy atom. The number of aliphatic carboxylic acids is 1. The van der Waals surface area contributed by atoms with E-state index in [9.17, 15) is 14.7 Å². The molecule has 1 rings (SSSR count). The summed E-state index contributed by atoms with van der Waals surface area (Å²) in [7, 11) is 0. The Hall–Kier alpha value is -2.04. The number of nitrogens with one attached hydrogen (secondary N) is 1. The molecule has 0 saturated heterocycles. The summed E-state index contributed by atoms with van der Waals surface area (Å²) in [5.41, 5.74) is 0.0429. The van der Waals surface area contributed by atoms with E-state index in [0.717, 1.165) is 0 Å². The lowest BCUT2D eigenvalue weighted by Gasteiger charge is -2.21. The molecule has 0 saturated carbocycles. The Bertz CT molecular complexity index is 437. The first-order chi connectivity index (χ1) is 8.79. The van der Waals surface area contributed by atoms with Crippen LogP contribution in [-0.4, -0.2) is 29.3 Å². The van der Waals surface area contributed by atoms with Gasteiger partial charge in [-0.15, -0.1) is 0 Å². The molecule has 1 aromatic rings. The van der Waals surface area contributed by atoms with Crippen molar-refractivity contribution in [3.63, 3.8) is 0 Å². The molecule has 0 spiro atoms. The quantitative estimate of drug-likeness (QED) is 0.876. The molecule has 0 radical (unpaired) electrons. The molecular weight excluding hydrogens is 246 g/mol. The molecule has 0 fully saturated rings. The third-order valence-corrected chi connectivity index (χ3v) is 2.35. The average molecular weight is 265 g/mol. The van der Waals surface area contributed by atoms with Gasteiger partial charge in [-0.3, -0.25) is 4.79 Å². The van der Waals surface area contributed by atoms with Gasteiger partial charge in [-0.2, -0.15) is 0 Å². The van der Waals surface area contributed by atoms with Crippen molar-refractivity contribution >= 4 is 12.1 Å². The van der Waals surface area contributed by atoms with Gasteiger partial charge in [0.2, 0.25) is 0 Å². The molecule has 0 aliphatic heterocycles. The van der Waals surface area contributed by atoms with Gasteiger partial charge in [-0.25, -0.2) is 4.79 Å². The van der Waals surface area contributed by atoms with Gasteiger partial charge in [0.05, 0.1) is 5.92 Å². The van der Waals surface area contributed by atoms with Crippen molar-refractivity contribution in [3.05, 3.63) is 35.9 Å². The second kappa shape index (κ2) is 6.22. The third-order valence-electron chi connectivity index (χ3n) is 2.35. The van der Waals surface area contributed by atoms with E-state index in [0.29, 0.717) is 5.56 Å². The van der Waals surface area contributed by atoms with Crippen molar-refractivity contribution in [2.75, 3.05) is 6.54 Å². The molecule has 1 amide bonds. The molecule has 2 N–H and O–H groups in total. The average Bonchev–Trinajstić information content (AvgIpc) is 2.27. The normalized spacial score (nSPS) is 12.6. The number of carbonyl (C=O) groups is 2. The number of carbonyl (C=O) groups excluding carboxylic acids is 1. The molecule has 0 unspecified atom stereocenters. The molecule has 1 atom stereocenters. The fraction of sp³-hybridized carbons (Fsp3) is 0.429.